The van der Waals surface area contributed by atoms with Crippen LogP contribution in [0.25, 0.3) is 10.9 Å². The summed E-state index contributed by atoms with van der Waals surface area (Å²) >= 11 is 0. The summed E-state index contributed by atoms with van der Waals surface area (Å²) < 4.78 is 52.1. The Labute approximate surface area is 147 Å². The number of methoxy groups -OCH3 is 2. The number of halogens is 3. The van der Waals surface area contributed by atoms with E-state index in [1.807, 2.05) is 0 Å². The first-order valence-electron chi connectivity index (χ1n) is 7.76. The molecule has 0 N–H and O–H groups in total. The van der Waals surface area contributed by atoms with Crippen molar-refractivity contribution in [2.45, 2.75) is 12.7 Å². The molecule has 0 fully saturated rings. The molecule has 4 nitrogen and oxygen atoms in total. The summed E-state index contributed by atoms with van der Waals surface area (Å²) in [6.45, 7) is -0.0397. The number of ether oxygens (including phenoxy) is 2. The third-order valence-corrected chi connectivity index (χ3v) is 4.09. The average molecular weight is 363 g/mol. The molecule has 0 saturated heterocycles. The lowest BCUT2D eigenvalue weighted by molar-refractivity contribution is -0.143. The maximum absolute atomic E-state index is 13.6. The fourth-order valence-corrected chi connectivity index (χ4v) is 2.87. The molecule has 0 saturated carbocycles. The summed E-state index contributed by atoms with van der Waals surface area (Å²) in [5.74, 6) is 0.531. The van der Waals surface area contributed by atoms with Crippen LogP contribution in [0.2, 0.25) is 0 Å². The highest BCUT2D eigenvalue weighted by Crippen LogP contribution is 2.35. The molecule has 3 rings (SSSR count). The highest BCUT2D eigenvalue weighted by molar-refractivity contribution is 5.83. The second-order valence-electron chi connectivity index (χ2n) is 5.69. The van der Waals surface area contributed by atoms with E-state index in [1.54, 1.807) is 30.3 Å². The normalized spacial score (nSPS) is 11.6. The molecule has 0 bridgehead atoms. The van der Waals surface area contributed by atoms with Crippen molar-refractivity contribution in [3.8, 4) is 11.5 Å². The number of benzene rings is 2. The van der Waals surface area contributed by atoms with E-state index < -0.39 is 17.3 Å². The van der Waals surface area contributed by atoms with Crippen LogP contribution in [0.3, 0.4) is 0 Å². The van der Waals surface area contributed by atoms with E-state index in [0.717, 1.165) is 4.57 Å². The van der Waals surface area contributed by atoms with Crippen molar-refractivity contribution in [3.63, 3.8) is 0 Å². The van der Waals surface area contributed by atoms with Crippen LogP contribution < -0.4 is 14.9 Å². The zero-order chi connectivity index (χ0) is 18.9. The van der Waals surface area contributed by atoms with Gasteiger partial charge in [-0.15, -0.1) is 0 Å². The number of pyridine rings is 1. The van der Waals surface area contributed by atoms with E-state index in [0.29, 0.717) is 11.6 Å². The Morgan fingerprint density at radius 2 is 1.58 bits per heavy atom. The molecule has 1 aromatic heterocycles. The van der Waals surface area contributed by atoms with Gasteiger partial charge in [-0.2, -0.15) is 13.2 Å². The molecule has 0 atom stereocenters. The fraction of sp³-hybridized carbons (Fsp3) is 0.211. The van der Waals surface area contributed by atoms with Crippen molar-refractivity contribution in [3.05, 3.63) is 70.0 Å². The van der Waals surface area contributed by atoms with Crippen molar-refractivity contribution in [2.75, 3.05) is 14.2 Å². The number of hydrogen-bond acceptors (Lipinski definition) is 3. The van der Waals surface area contributed by atoms with Gasteiger partial charge in [-0.1, -0.05) is 30.3 Å². The van der Waals surface area contributed by atoms with Crippen LogP contribution in [0.15, 0.2) is 53.3 Å². The number of aromatic nitrogens is 1. The minimum atomic E-state index is -4.67. The fourth-order valence-electron chi connectivity index (χ4n) is 2.87. The number of fused-ring (bicyclic) bond motifs is 1. The topological polar surface area (TPSA) is 40.5 Å². The van der Waals surface area contributed by atoms with Crippen LogP contribution in [0.5, 0.6) is 11.5 Å². The molecule has 0 aliphatic heterocycles. The maximum atomic E-state index is 13.6. The van der Waals surface area contributed by atoms with Gasteiger partial charge in [0.05, 0.1) is 19.7 Å². The molecule has 0 spiro atoms. The summed E-state index contributed by atoms with van der Waals surface area (Å²) in [5.41, 5.74) is -0.923. The minimum absolute atomic E-state index is 0.0397. The number of rotatable bonds is 4. The summed E-state index contributed by atoms with van der Waals surface area (Å²) in [5, 5.41) is 0.131. The van der Waals surface area contributed by atoms with Crippen LogP contribution in [-0.4, -0.2) is 18.8 Å². The van der Waals surface area contributed by atoms with Gasteiger partial charge in [0.2, 0.25) is 0 Å². The van der Waals surface area contributed by atoms with Crippen LogP contribution in [0.4, 0.5) is 13.2 Å². The average Bonchev–Trinajstić information content (AvgIpc) is 2.62. The van der Waals surface area contributed by atoms with Gasteiger partial charge in [0.15, 0.2) is 16.9 Å². The van der Waals surface area contributed by atoms with E-state index in [9.17, 15) is 18.0 Å². The highest BCUT2D eigenvalue weighted by atomic mass is 19.4. The van der Waals surface area contributed by atoms with Crippen molar-refractivity contribution in [1.29, 1.82) is 0 Å². The first-order chi connectivity index (χ1) is 12.3. The molecule has 136 valence electrons. The van der Waals surface area contributed by atoms with E-state index in [2.05, 4.69) is 0 Å². The van der Waals surface area contributed by atoms with Crippen molar-refractivity contribution < 1.29 is 22.6 Å². The van der Waals surface area contributed by atoms with Gasteiger partial charge in [-0.05, 0) is 11.6 Å². The summed E-state index contributed by atoms with van der Waals surface area (Å²) in [7, 11) is 2.78. The molecule has 2 aromatic carbocycles. The van der Waals surface area contributed by atoms with E-state index >= 15 is 0 Å². The Bertz CT molecular complexity index is 995. The van der Waals surface area contributed by atoms with Crippen LogP contribution in [0.1, 0.15) is 11.3 Å². The molecule has 1 heterocycles. The molecule has 0 aliphatic carbocycles. The van der Waals surface area contributed by atoms with Gasteiger partial charge in [0.1, 0.15) is 5.69 Å². The zero-order valence-electron chi connectivity index (χ0n) is 14.1. The van der Waals surface area contributed by atoms with E-state index in [4.69, 9.17) is 9.47 Å². The Kier molecular flexibility index (Phi) is 4.63. The molecule has 26 heavy (non-hydrogen) atoms. The van der Waals surface area contributed by atoms with Gasteiger partial charge in [-0.3, -0.25) is 4.79 Å². The molecule has 0 radical (unpaired) electrons. The Balaban J connectivity index is 2.36. The Morgan fingerprint density at radius 3 is 2.15 bits per heavy atom. The molecule has 0 unspecified atom stereocenters. The molecule has 7 heteroatoms. The third kappa shape index (κ3) is 3.24. The van der Waals surface area contributed by atoms with Gasteiger partial charge >= 0.3 is 6.18 Å². The number of nitrogens with zero attached hydrogens (tertiary/aromatic N) is 1. The Hall–Kier alpha value is -2.96. The predicted octanol–water partition coefficient (Wildman–Crippen LogP) is 4.09. The van der Waals surface area contributed by atoms with Gasteiger partial charge in [0.25, 0.3) is 0 Å². The van der Waals surface area contributed by atoms with Crippen molar-refractivity contribution in [1.82, 2.24) is 4.57 Å². The molecule has 0 aliphatic rings. The molecule has 3 aromatic rings. The standard InChI is InChI=1S/C19H16F3NO3/c1-25-16-8-13-14(9-17(16)26-2)23(11-12-6-4-3-5-7-12)18(10-15(13)24)19(20,21)22/h3-10H,11H2,1-2H3. The molecule has 0 amide bonds. The van der Waals surface area contributed by atoms with E-state index in [-0.39, 0.29) is 28.9 Å². The van der Waals surface area contributed by atoms with Crippen molar-refractivity contribution >= 4 is 10.9 Å². The SMILES string of the molecule is COc1cc2c(=O)cc(C(F)(F)F)n(Cc3ccccc3)c2cc1OC. The second kappa shape index (κ2) is 6.74. The largest absolute Gasteiger partial charge is 0.493 e. The van der Waals surface area contributed by atoms with Crippen LogP contribution in [-0.2, 0) is 12.7 Å². The summed E-state index contributed by atoms with van der Waals surface area (Å²) in [6.07, 6.45) is -4.67. The smallest absolute Gasteiger partial charge is 0.431 e. The monoisotopic (exact) mass is 363 g/mol. The third-order valence-electron chi connectivity index (χ3n) is 4.09. The quantitative estimate of drug-likeness (QED) is 0.701. The molecular weight excluding hydrogens is 347 g/mol. The first kappa shape index (κ1) is 17.8. The number of alkyl halides is 3. The van der Waals surface area contributed by atoms with E-state index in [1.165, 1.54) is 26.4 Å². The summed E-state index contributed by atoms with van der Waals surface area (Å²) in [4.78, 5) is 12.3. The van der Waals surface area contributed by atoms with Gasteiger partial charge in [-0.25, -0.2) is 0 Å². The second-order valence-corrected chi connectivity index (χ2v) is 5.69. The lowest BCUT2D eigenvalue weighted by atomic mass is 10.1. The van der Waals surface area contributed by atoms with Crippen LogP contribution in [0, 0.1) is 0 Å². The summed E-state index contributed by atoms with van der Waals surface area (Å²) in [6, 6.07) is 12.2. The lowest BCUT2D eigenvalue weighted by Crippen LogP contribution is -2.22. The van der Waals surface area contributed by atoms with Gasteiger partial charge < -0.3 is 14.0 Å². The lowest BCUT2D eigenvalue weighted by Gasteiger charge is -2.20. The minimum Gasteiger partial charge on any atom is -0.493 e. The Morgan fingerprint density at radius 1 is 0.962 bits per heavy atom. The first-order valence-corrected chi connectivity index (χ1v) is 7.76. The number of hydrogen-bond donors (Lipinski definition) is 0. The highest BCUT2D eigenvalue weighted by Gasteiger charge is 2.35. The van der Waals surface area contributed by atoms with Crippen molar-refractivity contribution in [2.24, 2.45) is 0 Å². The zero-order valence-corrected chi connectivity index (χ0v) is 14.1. The van der Waals surface area contributed by atoms with Gasteiger partial charge in [0, 0.05) is 24.1 Å². The predicted molar refractivity (Wildman–Crippen MR) is 91.9 cm³/mol. The maximum Gasteiger partial charge on any atom is 0.431 e. The molecular formula is C19H16F3NO3. The van der Waals surface area contributed by atoms with Crippen LogP contribution >= 0.6 is 0 Å².